The number of hydrogen-bond acceptors (Lipinski definition) is 6. The van der Waals surface area contributed by atoms with E-state index in [4.69, 9.17) is 4.42 Å². The molecule has 1 aromatic heterocycles. The molecule has 2 bridgehead atoms. The normalized spacial score (nSPS) is 39.0. The molecule has 6 aliphatic carbocycles. The highest BCUT2D eigenvalue weighted by Crippen LogP contribution is 2.78. The number of Topliss-reactive ketones (excluding diaryl/α,β-unsaturated/α-hetero) is 1. The van der Waals surface area contributed by atoms with Crippen LogP contribution in [0.4, 0.5) is 0 Å². The van der Waals surface area contributed by atoms with Gasteiger partial charge in [-0.3, -0.25) is 4.79 Å². The van der Waals surface area contributed by atoms with E-state index in [0.29, 0.717) is 25.0 Å². The molecule has 9 rings (SSSR count). The Kier molecular flexibility index (Phi) is 6.80. The van der Waals surface area contributed by atoms with Gasteiger partial charge in [0, 0.05) is 34.9 Å². The Bertz CT molecular complexity index is 1930. The van der Waals surface area contributed by atoms with Crippen molar-refractivity contribution in [1.82, 2.24) is 4.31 Å². The average Bonchev–Trinajstić information content (AvgIpc) is 3.67. The number of benzene rings is 2. The number of rotatable bonds is 7. The quantitative estimate of drug-likeness (QED) is 0.218. The molecule has 6 aliphatic rings. The summed E-state index contributed by atoms with van der Waals surface area (Å²) in [5, 5.41) is 25.8. The van der Waals surface area contributed by atoms with Crippen LogP contribution in [0.15, 0.2) is 89.1 Å². The van der Waals surface area contributed by atoms with Gasteiger partial charge in [-0.1, -0.05) is 74.5 Å². The summed E-state index contributed by atoms with van der Waals surface area (Å²) in [6.45, 7) is 4.65. The predicted molar refractivity (Wildman–Crippen MR) is 181 cm³/mol. The largest absolute Gasteiger partial charge is 0.461 e. The minimum atomic E-state index is -3.69. The Morgan fingerprint density at radius 3 is 2.43 bits per heavy atom. The lowest BCUT2D eigenvalue weighted by atomic mass is 9.32. The van der Waals surface area contributed by atoms with Crippen molar-refractivity contribution in [3.8, 4) is 0 Å². The van der Waals surface area contributed by atoms with E-state index in [-0.39, 0.29) is 36.1 Å². The van der Waals surface area contributed by atoms with E-state index in [1.807, 2.05) is 42.5 Å². The summed E-state index contributed by atoms with van der Waals surface area (Å²) >= 11 is 0. The molecule has 3 saturated carbocycles. The molecule has 8 atom stereocenters. The van der Waals surface area contributed by atoms with Gasteiger partial charge in [-0.15, -0.1) is 0 Å². The lowest BCUT2D eigenvalue weighted by molar-refractivity contribution is -0.173. The molecule has 2 aromatic carbocycles. The summed E-state index contributed by atoms with van der Waals surface area (Å²) in [5.74, 6) is 0.243. The smallest absolute Gasteiger partial charge is 0.224 e. The maximum Gasteiger partial charge on any atom is 0.224 e. The van der Waals surface area contributed by atoms with Crippen LogP contribution in [0, 0.1) is 33.5 Å². The van der Waals surface area contributed by atoms with Gasteiger partial charge in [-0.2, -0.15) is 4.31 Å². The van der Waals surface area contributed by atoms with Gasteiger partial charge in [-0.05, 0) is 90.7 Å². The molecular weight excluding hydrogens is 610 g/mol. The van der Waals surface area contributed by atoms with Crippen molar-refractivity contribution in [2.45, 2.75) is 77.0 Å². The van der Waals surface area contributed by atoms with Gasteiger partial charge in [0.25, 0.3) is 0 Å². The average molecular weight is 656 g/mol. The summed E-state index contributed by atoms with van der Waals surface area (Å²) in [4.78, 5) is 14.4. The fraction of sp³-hybridized carbons (Fsp3) is 0.513. The van der Waals surface area contributed by atoms with Crippen LogP contribution in [-0.4, -0.2) is 53.2 Å². The second kappa shape index (κ2) is 10.2. The number of nitrogens with zero attached hydrogens (tertiary/aromatic N) is 1. The lowest BCUT2D eigenvalue weighted by Crippen LogP contribution is -2.67. The maximum atomic E-state index is 14.4. The Morgan fingerprint density at radius 2 is 1.66 bits per heavy atom. The second-order valence-electron chi connectivity index (χ2n) is 15.8. The summed E-state index contributed by atoms with van der Waals surface area (Å²) < 4.78 is 34.0. The van der Waals surface area contributed by atoms with Gasteiger partial charge in [0.05, 0.1) is 24.2 Å². The zero-order chi connectivity index (χ0) is 33.0. The van der Waals surface area contributed by atoms with Gasteiger partial charge in [0.2, 0.25) is 15.8 Å². The molecule has 248 valence electrons. The number of carbonyl (C=O) groups excluding carboxylic acids is 1. The highest BCUT2D eigenvalue weighted by Gasteiger charge is 2.74. The maximum absolute atomic E-state index is 14.4. The van der Waals surface area contributed by atoms with E-state index < -0.39 is 38.0 Å². The number of carbonyl (C=O) groups is 1. The molecule has 1 unspecified atom stereocenters. The van der Waals surface area contributed by atoms with E-state index in [1.165, 1.54) is 16.8 Å². The molecule has 3 fully saturated rings. The molecule has 47 heavy (non-hydrogen) atoms. The molecule has 8 heteroatoms. The Hall–Kier alpha value is -3.04. The van der Waals surface area contributed by atoms with Crippen LogP contribution in [0.1, 0.15) is 74.9 Å². The number of furan rings is 1. The first-order chi connectivity index (χ1) is 22.3. The Morgan fingerprint density at radius 1 is 0.936 bits per heavy atom. The van der Waals surface area contributed by atoms with Crippen LogP contribution < -0.4 is 0 Å². The minimum Gasteiger partial charge on any atom is -0.461 e. The predicted octanol–water partition coefficient (Wildman–Crippen LogP) is 6.67. The zero-order valence-corrected chi connectivity index (χ0v) is 28.3. The minimum absolute atomic E-state index is 0.00884. The first kappa shape index (κ1) is 31.2. The van der Waals surface area contributed by atoms with Gasteiger partial charge in [0.15, 0.2) is 5.76 Å². The summed E-state index contributed by atoms with van der Waals surface area (Å²) in [7, 11) is -3.69. The fourth-order valence-corrected chi connectivity index (χ4v) is 12.2. The first-order valence-electron chi connectivity index (χ1n) is 17.1. The monoisotopic (exact) mass is 655 g/mol. The van der Waals surface area contributed by atoms with Crippen LogP contribution in [0.2, 0.25) is 0 Å². The molecule has 0 aliphatic heterocycles. The zero-order valence-electron chi connectivity index (χ0n) is 27.5. The summed E-state index contributed by atoms with van der Waals surface area (Å²) in [6, 6.07) is 17.4. The van der Waals surface area contributed by atoms with E-state index in [2.05, 4.69) is 32.1 Å². The second-order valence-corrected chi connectivity index (χ2v) is 17.8. The van der Waals surface area contributed by atoms with E-state index in [1.54, 1.807) is 12.1 Å². The van der Waals surface area contributed by atoms with Gasteiger partial charge in [0.1, 0.15) is 0 Å². The molecule has 0 amide bonds. The number of aliphatic hydroxyl groups excluding tert-OH is 1. The van der Waals surface area contributed by atoms with Crippen molar-refractivity contribution in [1.29, 1.82) is 0 Å². The van der Waals surface area contributed by atoms with Crippen molar-refractivity contribution in [2.24, 2.45) is 33.5 Å². The van der Waals surface area contributed by atoms with Crippen LogP contribution in [0.25, 0.3) is 10.8 Å². The highest BCUT2D eigenvalue weighted by molar-refractivity contribution is 7.88. The number of ketones is 1. The third kappa shape index (κ3) is 4.20. The van der Waals surface area contributed by atoms with Gasteiger partial charge >= 0.3 is 0 Å². The van der Waals surface area contributed by atoms with Crippen LogP contribution in [-0.2, 0) is 16.6 Å². The molecular formula is C39H45NO6S. The number of allylic oxidation sites excluding steroid dienone is 4. The fourth-order valence-electron chi connectivity index (χ4n) is 11.3. The summed E-state index contributed by atoms with van der Waals surface area (Å²) in [6.07, 6.45) is 13.9. The Balaban J connectivity index is 1.21. The number of aliphatic hydroxyl groups is 2. The van der Waals surface area contributed by atoms with Crippen LogP contribution in [0.5, 0.6) is 0 Å². The standard InChI is InChI=1S/C39H45NO6S/c1-35-16-13-28(41)22-37(35)19-20-39(30(23-37)34(42)31-12-7-21-46-31)32(35)14-17-36(2)33(39)15-18-38(36,43)25-40(47(3,44)45)24-27-10-6-9-26-8-4-5-11-29(26)27/h4-12,19-21,23,28,32-33,41,43H,13-18,22,24-25H2,1-3H3/t28?,32-,33-,35-,36+,37+,38-,39-/m1/s1. The topological polar surface area (TPSA) is 108 Å². The molecule has 7 nitrogen and oxygen atoms in total. The van der Waals surface area contributed by atoms with Crippen LogP contribution >= 0.6 is 0 Å². The molecule has 2 N–H and O–H groups in total. The molecule has 0 radical (unpaired) electrons. The molecule has 1 heterocycles. The Labute approximate surface area is 277 Å². The van der Waals surface area contributed by atoms with Gasteiger partial charge in [-0.25, -0.2) is 8.42 Å². The van der Waals surface area contributed by atoms with Crippen molar-refractivity contribution in [3.05, 3.63) is 96.0 Å². The van der Waals surface area contributed by atoms with Crippen molar-refractivity contribution >= 4 is 26.6 Å². The number of sulfonamides is 1. The van der Waals surface area contributed by atoms with E-state index in [0.717, 1.165) is 47.6 Å². The van der Waals surface area contributed by atoms with Crippen LogP contribution in [0.3, 0.4) is 0 Å². The van der Waals surface area contributed by atoms with Gasteiger partial charge < -0.3 is 14.6 Å². The third-order valence-corrected chi connectivity index (χ3v) is 15.0. The number of fused-ring (bicyclic) bond motifs is 2. The summed E-state index contributed by atoms with van der Waals surface area (Å²) in [5.41, 5.74) is -1.53. The van der Waals surface area contributed by atoms with Crippen molar-refractivity contribution in [2.75, 3.05) is 12.8 Å². The highest BCUT2D eigenvalue weighted by atomic mass is 32.2. The molecule has 0 saturated heterocycles. The molecule has 2 spiro atoms. The first-order valence-corrected chi connectivity index (χ1v) is 19.0. The SMILES string of the molecule is C[C@]12CC[C@H]3[C@]4(C=C[C@@]5(C=C4C(=O)c4ccco4)CC(O)CC[C@]35C)[C@@H]1CC[C@@]2(O)CN(Cc1cccc2ccccc12)S(C)(=O)=O. The third-order valence-electron chi connectivity index (χ3n) is 13.8. The van der Waals surface area contributed by atoms with E-state index >= 15 is 0 Å². The number of hydrogen-bond donors (Lipinski definition) is 2. The van der Waals surface area contributed by atoms with Crippen molar-refractivity contribution < 1.29 is 27.8 Å². The molecule has 3 aromatic rings. The van der Waals surface area contributed by atoms with E-state index in [9.17, 15) is 23.4 Å². The lowest BCUT2D eigenvalue weighted by Gasteiger charge is -2.71. The van der Waals surface area contributed by atoms with Crippen molar-refractivity contribution in [3.63, 3.8) is 0 Å².